The Kier molecular flexibility index (Phi) is 5.93. The van der Waals surface area contributed by atoms with Gasteiger partial charge in [0.2, 0.25) is 0 Å². The van der Waals surface area contributed by atoms with Gasteiger partial charge in [-0.2, -0.15) is 0 Å². The molecule has 3 atom stereocenters. The summed E-state index contributed by atoms with van der Waals surface area (Å²) >= 11 is 0. The van der Waals surface area contributed by atoms with Crippen LogP contribution in [-0.2, 0) is 16.4 Å². The van der Waals surface area contributed by atoms with Gasteiger partial charge < -0.3 is 5.32 Å². The second-order valence-electron chi connectivity index (χ2n) is 9.41. The number of rotatable bonds is 6. The SMILES string of the molecule is O=S(=O)(c1ccc(N[C@@H]2C[C@@H]3CN(Cc4ccccn4)C[C@@H]3C2)nn1)C1CCCCC1. The molecule has 2 saturated carbocycles. The van der Waals surface area contributed by atoms with Gasteiger partial charge in [0, 0.05) is 31.9 Å². The highest BCUT2D eigenvalue weighted by Gasteiger charge is 2.41. The van der Waals surface area contributed by atoms with Crippen LogP contribution in [0.1, 0.15) is 50.6 Å². The zero-order valence-corrected chi connectivity index (χ0v) is 18.7. The van der Waals surface area contributed by atoms with Crippen LogP contribution in [0.5, 0.6) is 0 Å². The smallest absolute Gasteiger partial charge is 0.200 e. The van der Waals surface area contributed by atoms with E-state index >= 15 is 0 Å². The van der Waals surface area contributed by atoms with Crippen LogP contribution in [0.2, 0.25) is 0 Å². The Morgan fingerprint density at radius 2 is 1.74 bits per heavy atom. The van der Waals surface area contributed by atoms with Gasteiger partial charge >= 0.3 is 0 Å². The first kappa shape index (κ1) is 20.8. The highest BCUT2D eigenvalue weighted by molar-refractivity contribution is 7.92. The zero-order chi connectivity index (χ0) is 21.3. The number of likely N-dealkylation sites (tertiary alicyclic amines) is 1. The molecule has 0 spiro atoms. The van der Waals surface area contributed by atoms with Crippen LogP contribution >= 0.6 is 0 Å². The summed E-state index contributed by atoms with van der Waals surface area (Å²) in [7, 11) is -3.36. The van der Waals surface area contributed by atoms with Crippen LogP contribution in [0.4, 0.5) is 5.82 Å². The first-order valence-electron chi connectivity index (χ1n) is 11.5. The summed E-state index contributed by atoms with van der Waals surface area (Å²) in [4.78, 5) is 6.96. The van der Waals surface area contributed by atoms with Gasteiger partial charge in [-0.1, -0.05) is 25.3 Å². The minimum absolute atomic E-state index is 0.124. The van der Waals surface area contributed by atoms with Crippen LogP contribution in [0.3, 0.4) is 0 Å². The minimum Gasteiger partial charge on any atom is -0.366 e. The van der Waals surface area contributed by atoms with Crippen LogP contribution in [0.15, 0.2) is 41.6 Å². The fraction of sp³-hybridized carbons (Fsp3) is 0.609. The lowest BCUT2D eigenvalue weighted by Crippen LogP contribution is -2.26. The third-order valence-electron chi connectivity index (χ3n) is 7.21. The van der Waals surface area contributed by atoms with E-state index < -0.39 is 9.84 Å². The third kappa shape index (κ3) is 4.60. The maximum Gasteiger partial charge on any atom is 0.200 e. The number of hydrogen-bond acceptors (Lipinski definition) is 7. The predicted molar refractivity (Wildman–Crippen MR) is 119 cm³/mol. The molecule has 3 heterocycles. The molecular weight excluding hydrogens is 410 g/mol. The highest BCUT2D eigenvalue weighted by atomic mass is 32.2. The predicted octanol–water partition coefficient (Wildman–Crippen LogP) is 3.30. The van der Waals surface area contributed by atoms with E-state index in [1.54, 1.807) is 12.1 Å². The van der Waals surface area contributed by atoms with E-state index in [0.29, 0.717) is 23.7 Å². The third-order valence-corrected chi connectivity index (χ3v) is 9.36. The van der Waals surface area contributed by atoms with Crippen molar-refractivity contribution >= 4 is 15.7 Å². The van der Waals surface area contributed by atoms with Crippen molar-refractivity contribution < 1.29 is 8.42 Å². The summed E-state index contributed by atoms with van der Waals surface area (Å²) in [6.45, 7) is 3.15. The number of anilines is 1. The molecule has 1 saturated heterocycles. The van der Waals surface area contributed by atoms with Gasteiger partial charge in [0.05, 0.1) is 10.9 Å². The van der Waals surface area contributed by atoms with E-state index in [9.17, 15) is 8.42 Å². The molecule has 0 unspecified atom stereocenters. The minimum atomic E-state index is -3.36. The van der Waals surface area contributed by atoms with Crippen molar-refractivity contribution in [3.63, 3.8) is 0 Å². The van der Waals surface area contributed by atoms with Crippen molar-refractivity contribution in [3.05, 3.63) is 42.2 Å². The normalized spacial score (nSPS) is 27.3. The fourth-order valence-electron chi connectivity index (χ4n) is 5.67. The summed E-state index contributed by atoms with van der Waals surface area (Å²) in [6.07, 6.45) is 8.68. The van der Waals surface area contributed by atoms with Crippen molar-refractivity contribution in [1.29, 1.82) is 0 Å². The van der Waals surface area contributed by atoms with Gasteiger partial charge in [0.1, 0.15) is 5.82 Å². The standard InChI is InChI=1S/C23H31N5O2S/c29-31(30,21-7-2-1-3-8-21)23-10-9-22(26-27-23)25-20-12-17-14-28(15-18(17)13-20)16-19-6-4-5-11-24-19/h4-6,9-11,17-18,20-21H,1-3,7-8,12-16H2,(H,25,26)/t17-,18+,20-. The number of nitrogens with one attached hydrogen (secondary N) is 1. The van der Waals surface area contributed by atoms with E-state index in [-0.39, 0.29) is 10.3 Å². The number of hydrogen-bond donors (Lipinski definition) is 1. The molecule has 5 rings (SSSR count). The molecule has 0 aromatic carbocycles. The molecule has 31 heavy (non-hydrogen) atoms. The second-order valence-corrected chi connectivity index (χ2v) is 11.6. The Morgan fingerprint density at radius 1 is 0.968 bits per heavy atom. The molecule has 2 aliphatic carbocycles. The summed E-state index contributed by atoms with van der Waals surface area (Å²) in [5.74, 6) is 2.07. The maximum absolute atomic E-state index is 12.8. The summed E-state index contributed by atoms with van der Waals surface area (Å²) in [5, 5.41) is 11.6. The molecule has 8 heteroatoms. The number of sulfone groups is 1. The van der Waals surface area contributed by atoms with Crippen LogP contribution < -0.4 is 5.32 Å². The quantitative estimate of drug-likeness (QED) is 0.736. The Labute approximate surface area is 184 Å². The van der Waals surface area contributed by atoms with Crippen LogP contribution in [0.25, 0.3) is 0 Å². The maximum atomic E-state index is 12.8. The Bertz CT molecular complexity index is 963. The highest BCUT2D eigenvalue weighted by Crippen LogP contribution is 2.39. The summed E-state index contributed by atoms with van der Waals surface area (Å²) in [6, 6.07) is 9.89. The number of fused-ring (bicyclic) bond motifs is 1. The van der Waals surface area contributed by atoms with Crippen molar-refractivity contribution in [2.45, 2.75) is 67.8 Å². The average molecular weight is 442 g/mol. The zero-order valence-electron chi connectivity index (χ0n) is 17.9. The molecule has 2 aromatic rings. The van der Waals surface area contributed by atoms with Crippen LogP contribution in [0, 0.1) is 11.8 Å². The van der Waals surface area contributed by atoms with E-state index in [2.05, 4.69) is 31.5 Å². The number of nitrogens with zero attached hydrogens (tertiary/aromatic N) is 4. The van der Waals surface area contributed by atoms with Gasteiger partial charge in [-0.05, 0) is 61.8 Å². The van der Waals surface area contributed by atoms with Gasteiger partial charge in [-0.3, -0.25) is 9.88 Å². The second kappa shape index (κ2) is 8.82. The van der Waals surface area contributed by atoms with Gasteiger partial charge in [-0.15, -0.1) is 10.2 Å². The molecule has 0 radical (unpaired) electrons. The van der Waals surface area contributed by atoms with Crippen molar-refractivity contribution in [2.24, 2.45) is 11.8 Å². The van der Waals surface area contributed by atoms with Crippen molar-refractivity contribution in [2.75, 3.05) is 18.4 Å². The summed E-state index contributed by atoms with van der Waals surface area (Å²) in [5.41, 5.74) is 1.13. The molecule has 1 aliphatic heterocycles. The topological polar surface area (TPSA) is 88.1 Å². The van der Waals surface area contributed by atoms with E-state index in [0.717, 1.165) is 70.3 Å². The van der Waals surface area contributed by atoms with Gasteiger partial charge in [0.15, 0.2) is 14.9 Å². The molecule has 3 fully saturated rings. The number of aromatic nitrogens is 3. The lowest BCUT2D eigenvalue weighted by atomic mass is 10.0. The van der Waals surface area contributed by atoms with Crippen LogP contribution in [-0.4, -0.2) is 52.9 Å². The Balaban J connectivity index is 1.14. The van der Waals surface area contributed by atoms with Crippen molar-refractivity contribution in [1.82, 2.24) is 20.1 Å². The summed E-state index contributed by atoms with van der Waals surface area (Å²) < 4.78 is 25.6. The molecule has 1 N–H and O–H groups in total. The van der Waals surface area contributed by atoms with Gasteiger partial charge in [-0.25, -0.2) is 8.42 Å². The molecule has 0 amide bonds. The molecule has 3 aliphatic rings. The first-order valence-corrected chi connectivity index (χ1v) is 13.1. The first-order chi connectivity index (χ1) is 15.1. The lowest BCUT2D eigenvalue weighted by molar-refractivity contribution is 0.297. The largest absolute Gasteiger partial charge is 0.366 e. The van der Waals surface area contributed by atoms with E-state index in [1.807, 2.05) is 18.3 Å². The van der Waals surface area contributed by atoms with E-state index in [1.165, 1.54) is 0 Å². The fourth-order valence-corrected chi connectivity index (χ4v) is 7.38. The van der Waals surface area contributed by atoms with E-state index in [4.69, 9.17) is 0 Å². The molecule has 2 aromatic heterocycles. The Hall–Kier alpha value is -2.06. The monoisotopic (exact) mass is 441 g/mol. The van der Waals surface area contributed by atoms with Crippen molar-refractivity contribution in [3.8, 4) is 0 Å². The molecule has 7 nitrogen and oxygen atoms in total. The molecular formula is C23H31N5O2S. The molecule has 0 bridgehead atoms. The van der Waals surface area contributed by atoms with Gasteiger partial charge in [0.25, 0.3) is 0 Å². The Morgan fingerprint density at radius 3 is 2.39 bits per heavy atom. The average Bonchev–Trinajstić information content (AvgIpc) is 3.33. The number of pyridine rings is 1. The molecule has 166 valence electrons. The lowest BCUT2D eigenvalue weighted by Gasteiger charge is -2.21.